The summed E-state index contributed by atoms with van der Waals surface area (Å²) in [6, 6.07) is 3.21. The fourth-order valence-electron chi connectivity index (χ4n) is 0.844. The Hall–Kier alpha value is -1.43. The summed E-state index contributed by atoms with van der Waals surface area (Å²) in [5, 5.41) is -0.578. The molecule has 5 nitrogen and oxygen atoms in total. The van der Waals surface area contributed by atoms with Gasteiger partial charge in [0.15, 0.2) is 5.03 Å². The van der Waals surface area contributed by atoms with Crippen molar-refractivity contribution in [1.82, 2.24) is 4.98 Å². The number of nitrogen functional groups attached to an aromatic ring is 1. The Labute approximate surface area is 84.0 Å². The van der Waals surface area contributed by atoms with Crippen LogP contribution in [0.15, 0.2) is 23.4 Å². The zero-order valence-electron chi connectivity index (χ0n) is 7.64. The summed E-state index contributed by atoms with van der Waals surface area (Å²) in [7, 11) is -1.58. The van der Waals surface area contributed by atoms with Crippen LogP contribution in [0, 0.1) is 0 Å². The number of hydrogen-bond donors (Lipinski definition) is 2. The van der Waals surface area contributed by atoms with Gasteiger partial charge in [0.2, 0.25) is 5.91 Å². The molecule has 0 saturated carbocycles. The average molecular weight is 213 g/mol. The summed E-state index contributed by atoms with van der Waals surface area (Å²) in [4.78, 5) is 14.6. The minimum atomic E-state index is -1.58. The number of carbonyl (C=O) groups excluding carboxylic acids is 1. The van der Waals surface area contributed by atoms with E-state index in [1.807, 2.05) is 0 Å². The van der Waals surface area contributed by atoms with E-state index in [-0.39, 0.29) is 5.03 Å². The highest BCUT2D eigenvalue weighted by Crippen LogP contribution is 2.15. The standard InChI is InChI=1S/C8H11N3O2S/c1-5(7(10)12)14(13)8-6(9)3-2-4-11-8/h2-5H,9H2,1H3,(H2,10,12). The number of carbonyl (C=O) groups is 1. The molecule has 0 bridgehead atoms. The third-order valence-corrected chi connectivity index (χ3v) is 3.31. The number of hydrogen-bond acceptors (Lipinski definition) is 4. The maximum absolute atomic E-state index is 11.7. The van der Waals surface area contributed by atoms with E-state index in [0.717, 1.165) is 0 Å². The molecule has 0 fully saturated rings. The second-order valence-electron chi connectivity index (χ2n) is 2.74. The van der Waals surface area contributed by atoms with Gasteiger partial charge in [-0.3, -0.25) is 9.00 Å². The van der Waals surface area contributed by atoms with E-state index in [1.165, 1.54) is 13.1 Å². The van der Waals surface area contributed by atoms with Crippen molar-refractivity contribution < 1.29 is 9.00 Å². The van der Waals surface area contributed by atoms with Crippen molar-refractivity contribution >= 4 is 22.4 Å². The fourth-order valence-corrected chi connectivity index (χ4v) is 1.86. The lowest BCUT2D eigenvalue weighted by atomic mass is 10.4. The zero-order chi connectivity index (χ0) is 10.7. The third-order valence-electron chi connectivity index (χ3n) is 1.71. The Morgan fingerprint density at radius 1 is 1.64 bits per heavy atom. The summed E-state index contributed by atoms with van der Waals surface area (Å²) < 4.78 is 11.7. The highest BCUT2D eigenvalue weighted by molar-refractivity contribution is 7.86. The largest absolute Gasteiger partial charge is 0.396 e. The van der Waals surface area contributed by atoms with Crippen LogP contribution in [0.4, 0.5) is 5.69 Å². The molecule has 0 aliphatic heterocycles. The molecule has 0 aliphatic rings. The fraction of sp³-hybridized carbons (Fsp3) is 0.250. The molecule has 2 unspecified atom stereocenters. The first kappa shape index (κ1) is 10.6. The summed E-state index contributed by atoms with van der Waals surface area (Å²) in [6.45, 7) is 1.48. The van der Waals surface area contributed by atoms with Crippen LogP contribution in [0.1, 0.15) is 6.92 Å². The maximum atomic E-state index is 11.7. The number of aromatic nitrogens is 1. The molecule has 1 heterocycles. The number of pyridine rings is 1. The van der Waals surface area contributed by atoms with Crippen LogP contribution in [0.3, 0.4) is 0 Å². The van der Waals surface area contributed by atoms with Crippen LogP contribution < -0.4 is 11.5 Å². The Morgan fingerprint density at radius 3 is 2.79 bits per heavy atom. The van der Waals surface area contributed by atoms with Gasteiger partial charge in [0.1, 0.15) is 5.25 Å². The van der Waals surface area contributed by atoms with Crippen LogP contribution in [-0.4, -0.2) is 20.3 Å². The summed E-state index contributed by atoms with van der Waals surface area (Å²) >= 11 is 0. The number of nitrogens with two attached hydrogens (primary N) is 2. The van der Waals surface area contributed by atoms with Gasteiger partial charge in [-0.2, -0.15) is 0 Å². The van der Waals surface area contributed by atoms with Gasteiger partial charge in [-0.1, -0.05) is 0 Å². The minimum Gasteiger partial charge on any atom is -0.396 e. The smallest absolute Gasteiger partial charge is 0.233 e. The van der Waals surface area contributed by atoms with Crippen molar-refractivity contribution in [3.63, 3.8) is 0 Å². The van der Waals surface area contributed by atoms with E-state index in [4.69, 9.17) is 11.5 Å². The van der Waals surface area contributed by atoms with Crippen LogP contribution in [0.25, 0.3) is 0 Å². The zero-order valence-corrected chi connectivity index (χ0v) is 8.45. The molecule has 0 saturated heterocycles. The van der Waals surface area contributed by atoms with E-state index < -0.39 is 22.0 Å². The van der Waals surface area contributed by atoms with E-state index in [2.05, 4.69) is 4.98 Å². The maximum Gasteiger partial charge on any atom is 0.233 e. The minimum absolute atomic E-state index is 0.207. The van der Waals surface area contributed by atoms with Crippen molar-refractivity contribution in [3.8, 4) is 0 Å². The Morgan fingerprint density at radius 2 is 2.29 bits per heavy atom. The van der Waals surface area contributed by atoms with Crippen LogP contribution >= 0.6 is 0 Å². The SMILES string of the molecule is CC(C(N)=O)S(=O)c1ncccc1N. The molecule has 0 radical (unpaired) electrons. The molecule has 14 heavy (non-hydrogen) atoms. The molecule has 2 atom stereocenters. The molecule has 0 aliphatic carbocycles. The lowest BCUT2D eigenvalue weighted by molar-refractivity contribution is -0.117. The first-order valence-electron chi connectivity index (χ1n) is 3.94. The van der Waals surface area contributed by atoms with Gasteiger partial charge in [0, 0.05) is 6.20 Å². The highest BCUT2D eigenvalue weighted by atomic mass is 32.2. The van der Waals surface area contributed by atoms with Crippen LogP contribution in [-0.2, 0) is 15.6 Å². The van der Waals surface area contributed by atoms with Gasteiger partial charge < -0.3 is 11.5 Å². The summed E-state index contributed by atoms with van der Waals surface area (Å²) in [5.41, 5.74) is 10.9. The van der Waals surface area contributed by atoms with Gasteiger partial charge in [-0.05, 0) is 19.1 Å². The van der Waals surface area contributed by atoms with Crippen molar-refractivity contribution in [2.75, 3.05) is 5.73 Å². The van der Waals surface area contributed by atoms with E-state index in [1.54, 1.807) is 12.1 Å². The van der Waals surface area contributed by atoms with Crippen molar-refractivity contribution in [1.29, 1.82) is 0 Å². The van der Waals surface area contributed by atoms with E-state index in [0.29, 0.717) is 5.69 Å². The number of anilines is 1. The molecular formula is C8H11N3O2S. The van der Waals surface area contributed by atoms with Gasteiger partial charge in [-0.15, -0.1) is 0 Å². The molecule has 1 aromatic rings. The van der Waals surface area contributed by atoms with Gasteiger partial charge in [-0.25, -0.2) is 4.98 Å². The second kappa shape index (κ2) is 4.19. The van der Waals surface area contributed by atoms with E-state index in [9.17, 15) is 9.00 Å². The molecular weight excluding hydrogens is 202 g/mol. The summed E-state index contributed by atoms with van der Waals surface area (Å²) in [5.74, 6) is -0.631. The van der Waals surface area contributed by atoms with Gasteiger partial charge in [0.05, 0.1) is 16.5 Å². The predicted octanol–water partition coefficient (Wildman–Crippen LogP) is -0.355. The normalized spacial score (nSPS) is 14.6. The Balaban J connectivity index is 3.01. The molecule has 1 rings (SSSR count). The highest BCUT2D eigenvalue weighted by Gasteiger charge is 2.21. The Kier molecular flexibility index (Phi) is 3.19. The second-order valence-corrected chi connectivity index (χ2v) is 4.43. The van der Waals surface area contributed by atoms with Crippen molar-refractivity contribution in [2.24, 2.45) is 5.73 Å². The first-order chi connectivity index (χ1) is 6.54. The lowest BCUT2D eigenvalue weighted by Crippen LogP contribution is -2.30. The molecule has 0 aromatic carbocycles. The average Bonchev–Trinajstić information content (AvgIpc) is 2.16. The molecule has 6 heteroatoms. The van der Waals surface area contributed by atoms with Crippen LogP contribution in [0.5, 0.6) is 0 Å². The van der Waals surface area contributed by atoms with Crippen LogP contribution in [0.2, 0.25) is 0 Å². The monoisotopic (exact) mass is 213 g/mol. The van der Waals surface area contributed by atoms with E-state index >= 15 is 0 Å². The Bertz CT molecular complexity index is 381. The molecule has 0 spiro atoms. The molecule has 1 aromatic heterocycles. The molecule has 76 valence electrons. The number of amides is 1. The molecule has 1 amide bonds. The van der Waals surface area contributed by atoms with Gasteiger partial charge in [0.25, 0.3) is 0 Å². The quantitative estimate of drug-likeness (QED) is 0.716. The molecule has 4 N–H and O–H groups in total. The topological polar surface area (TPSA) is 99.1 Å². The number of rotatable bonds is 3. The first-order valence-corrected chi connectivity index (χ1v) is 5.15. The van der Waals surface area contributed by atoms with Gasteiger partial charge >= 0.3 is 0 Å². The lowest BCUT2D eigenvalue weighted by Gasteiger charge is -2.07. The van der Waals surface area contributed by atoms with Crippen molar-refractivity contribution in [3.05, 3.63) is 18.3 Å². The number of primary amides is 1. The third kappa shape index (κ3) is 2.08. The number of nitrogens with zero attached hydrogens (tertiary/aromatic N) is 1. The predicted molar refractivity (Wildman–Crippen MR) is 53.7 cm³/mol. The van der Waals surface area contributed by atoms with Crippen molar-refractivity contribution in [2.45, 2.75) is 17.2 Å². The summed E-state index contributed by atoms with van der Waals surface area (Å²) in [6.07, 6.45) is 1.47.